The van der Waals surface area contributed by atoms with Crippen molar-refractivity contribution in [1.82, 2.24) is 9.97 Å². The number of hydrogen-bond acceptors (Lipinski definition) is 2. The van der Waals surface area contributed by atoms with E-state index in [-0.39, 0.29) is 23.7 Å². The van der Waals surface area contributed by atoms with Gasteiger partial charge < -0.3 is 0 Å². The second kappa shape index (κ2) is 9.82. The Bertz CT molecular complexity index is 2750. The van der Waals surface area contributed by atoms with E-state index in [9.17, 15) is 0 Å². The van der Waals surface area contributed by atoms with Crippen molar-refractivity contribution < 1.29 is 0 Å². The first-order valence-electron chi connectivity index (χ1n) is 17.0. The fourth-order valence-corrected chi connectivity index (χ4v) is 8.79. The fourth-order valence-electron chi connectivity index (χ4n) is 8.79. The molecule has 0 atom stereocenters. The fraction of sp³-hybridized carbons (Fsp3) is 0.0870. The van der Waals surface area contributed by atoms with Gasteiger partial charge in [0.05, 0.1) is 22.8 Å². The van der Waals surface area contributed by atoms with Crippen LogP contribution in [0, 0.1) is 0 Å². The van der Waals surface area contributed by atoms with Crippen molar-refractivity contribution in [2.45, 2.75) is 23.7 Å². The van der Waals surface area contributed by atoms with Gasteiger partial charge in [-0.3, -0.25) is 9.97 Å². The first-order chi connectivity index (χ1) is 23.8. The minimum absolute atomic E-state index is 0.124. The van der Waals surface area contributed by atoms with Gasteiger partial charge in [0, 0.05) is 45.2 Å². The molecule has 0 aliphatic heterocycles. The topological polar surface area (TPSA) is 25.8 Å². The lowest BCUT2D eigenvalue weighted by Crippen LogP contribution is -2.06. The van der Waals surface area contributed by atoms with Gasteiger partial charge in [-0.2, -0.15) is 0 Å². The summed E-state index contributed by atoms with van der Waals surface area (Å²) in [5, 5.41) is 15.4. The molecule has 2 aromatic heterocycles. The van der Waals surface area contributed by atoms with Gasteiger partial charge in [0.2, 0.25) is 0 Å². The van der Waals surface area contributed by atoms with E-state index < -0.39 is 0 Å². The van der Waals surface area contributed by atoms with Gasteiger partial charge in [-0.05, 0) is 61.3 Å². The summed E-state index contributed by atoms with van der Waals surface area (Å²) in [7, 11) is 0. The number of aromatic nitrogens is 2. The van der Waals surface area contributed by atoms with E-state index >= 15 is 0 Å². The molecule has 2 nitrogen and oxygen atoms in total. The summed E-state index contributed by atoms with van der Waals surface area (Å²) in [6.45, 7) is 0. The first-order valence-corrected chi connectivity index (χ1v) is 17.0. The van der Waals surface area contributed by atoms with Crippen molar-refractivity contribution in [3.8, 4) is 0 Å². The Hall–Kier alpha value is -5.86. The molecule has 0 spiro atoms. The van der Waals surface area contributed by atoms with Gasteiger partial charge in [0.25, 0.3) is 0 Å². The van der Waals surface area contributed by atoms with E-state index in [4.69, 9.17) is 9.97 Å². The van der Waals surface area contributed by atoms with Crippen LogP contribution in [0.25, 0.3) is 64.6 Å². The van der Waals surface area contributed by atoms with Crippen LogP contribution in [0.4, 0.5) is 0 Å². The van der Waals surface area contributed by atoms with Gasteiger partial charge in [-0.25, -0.2) is 0 Å². The number of hydrogen-bond donors (Lipinski definition) is 0. The number of allylic oxidation sites excluding steroid dienone is 16. The van der Waals surface area contributed by atoms with Gasteiger partial charge in [0.15, 0.2) is 0 Å². The van der Waals surface area contributed by atoms with E-state index in [0.29, 0.717) is 0 Å². The zero-order chi connectivity index (χ0) is 31.3. The highest BCUT2D eigenvalue weighted by Gasteiger charge is 2.28. The number of fused-ring (bicyclic) bond motifs is 6. The molecule has 4 aliphatic carbocycles. The smallest absolute Gasteiger partial charge is 0.0599 e. The van der Waals surface area contributed by atoms with Gasteiger partial charge in [-0.1, -0.05) is 140 Å². The number of rotatable bonds is 4. The van der Waals surface area contributed by atoms with E-state index in [2.05, 4.69) is 158 Å². The molecule has 2 heterocycles. The van der Waals surface area contributed by atoms with Crippen molar-refractivity contribution in [2.24, 2.45) is 0 Å². The highest BCUT2D eigenvalue weighted by Crippen LogP contribution is 2.50. The third-order valence-corrected chi connectivity index (χ3v) is 10.9. The zero-order valence-corrected chi connectivity index (χ0v) is 26.2. The van der Waals surface area contributed by atoms with Crippen LogP contribution in [0.5, 0.6) is 0 Å². The maximum absolute atomic E-state index is 5.60. The molecule has 224 valence electrons. The Morgan fingerprint density at radius 2 is 0.854 bits per heavy atom. The van der Waals surface area contributed by atoms with E-state index in [1.54, 1.807) is 0 Å². The Morgan fingerprint density at radius 1 is 0.333 bits per heavy atom. The van der Waals surface area contributed by atoms with Gasteiger partial charge >= 0.3 is 0 Å². The monoisotopic (exact) mass is 610 g/mol. The van der Waals surface area contributed by atoms with Crippen molar-refractivity contribution in [3.63, 3.8) is 0 Å². The SMILES string of the molecule is C1=CC(c2cc3c(cc4c5ccccc5cc5c6c(C7C=CC=C7)nc(C7C=CC=C7)c7cccc(c76)c3c45)c(C3C=CC=C3)n2)C=C1. The molecule has 5 aromatic carbocycles. The third kappa shape index (κ3) is 3.58. The number of benzene rings is 5. The summed E-state index contributed by atoms with van der Waals surface area (Å²) in [4.78, 5) is 11.0. The molecule has 0 fully saturated rings. The van der Waals surface area contributed by atoms with Gasteiger partial charge in [-0.15, -0.1) is 0 Å². The molecule has 0 saturated carbocycles. The molecule has 0 bridgehead atoms. The molecular formula is C46H30N2. The minimum atomic E-state index is 0.124. The average Bonchev–Trinajstić information content (AvgIpc) is 3.98. The molecule has 7 aromatic rings. The summed E-state index contributed by atoms with van der Waals surface area (Å²) in [5.74, 6) is 0.574. The normalized spacial score (nSPS) is 17.8. The lowest BCUT2D eigenvalue weighted by molar-refractivity contribution is 0.941. The molecule has 0 radical (unpaired) electrons. The Balaban J connectivity index is 1.42. The molecule has 0 N–H and O–H groups in total. The summed E-state index contributed by atoms with van der Waals surface area (Å²) in [6.07, 6.45) is 35.4. The summed E-state index contributed by atoms with van der Waals surface area (Å²) in [6, 6.07) is 23.1. The highest BCUT2D eigenvalue weighted by molar-refractivity contribution is 6.41. The van der Waals surface area contributed by atoms with Crippen LogP contribution < -0.4 is 0 Å². The molecular weight excluding hydrogens is 581 g/mol. The summed E-state index contributed by atoms with van der Waals surface area (Å²) >= 11 is 0. The Labute approximate surface area is 278 Å². The van der Waals surface area contributed by atoms with E-state index in [1.165, 1.54) is 64.6 Å². The quantitative estimate of drug-likeness (QED) is 0.146. The Morgan fingerprint density at radius 3 is 1.56 bits per heavy atom. The second-order valence-electron chi connectivity index (χ2n) is 13.5. The largest absolute Gasteiger partial charge is 0.255 e. The van der Waals surface area contributed by atoms with Crippen LogP contribution in [-0.2, 0) is 0 Å². The highest BCUT2D eigenvalue weighted by atomic mass is 14.7. The molecule has 11 rings (SSSR count). The molecule has 0 unspecified atom stereocenters. The lowest BCUT2D eigenvalue weighted by atomic mass is 9.81. The van der Waals surface area contributed by atoms with E-state index in [1.807, 2.05) is 0 Å². The Kier molecular flexibility index (Phi) is 5.37. The molecule has 4 aliphatic rings. The molecule has 2 heteroatoms. The molecule has 0 saturated heterocycles. The van der Waals surface area contributed by atoms with Crippen LogP contribution in [-0.4, -0.2) is 9.97 Å². The van der Waals surface area contributed by atoms with Crippen LogP contribution in [0.3, 0.4) is 0 Å². The lowest BCUT2D eigenvalue weighted by Gasteiger charge is -2.24. The standard InChI is InChI=1S/C46H30N2/c1-2-13-27(12-1)39-26-36-37(45(47-39)29-16-5-6-17-29)25-35-32-21-10-9-20-31(32)24-38-42(35)41(36)33-22-11-23-34-40(33)43(38)46(30-18-7-8-19-30)48-44(34)28-14-3-4-15-28/h1-30H. The van der Waals surface area contributed by atoms with E-state index in [0.717, 1.165) is 22.8 Å². The van der Waals surface area contributed by atoms with Crippen molar-refractivity contribution in [3.05, 3.63) is 181 Å². The van der Waals surface area contributed by atoms with Gasteiger partial charge in [0.1, 0.15) is 0 Å². The van der Waals surface area contributed by atoms with Crippen LogP contribution in [0.2, 0.25) is 0 Å². The van der Waals surface area contributed by atoms with Crippen molar-refractivity contribution >= 4 is 64.6 Å². The van der Waals surface area contributed by atoms with Crippen molar-refractivity contribution in [2.75, 3.05) is 0 Å². The average molecular weight is 611 g/mol. The first kappa shape index (κ1) is 26.2. The zero-order valence-electron chi connectivity index (χ0n) is 26.2. The maximum Gasteiger partial charge on any atom is 0.0599 e. The summed E-state index contributed by atoms with van der Waals surface area (Å²) < 4.78 is 0. The predicted octanol–water partition coefficient (Wildman–Crippen LogP) is 11.7. The molecule has 0 amide bonds. The maximum atomic E-state index is 5.60. The third-order valence-electron chi connectivity index (χ3n) is 10.9. The van der Waals surface area contributed by atoms with Crippen LogP contribution in [0.15, 0.2) is 158 Å². The second-order valence-corrected chi connectivity index (χ2v) is 13.5. The van der Waals surface area contributed by atoms with Crippen LogP contribution >= 0.6 is 0 Å². The predicted molar refractivity (Wildman–Crippen MR) is 202 cm³/mol. The molecule has 48 heavy (non-hydrogen) atoms. The number of nitrogens with zero attached hydrogens (tertiary/aromatic N) is 2. The van der Waals surface area contributed by atoms with Crippen molar-refractivity contribution in [1.29, 1.82) is 0 Å². The summed E-state index contributed by atoms with van der Waals surface area (Å²) in [5.41, 5.74) is 4.51. The van der Waals surface area contributed by atoms with Crippen LogP contribution in [0.1, 0.15) is 46.4 Å². The number of pyridine rings is 2. The minimum Gasteiger partial charge on any atom is -0.255 e.